The third-order valence-corrected chi connectivity index (χ3v) is 5.20. The van der Waals surface area contributed by atoms with Gasteiger partial charge < -0.3 is 19.7 Å². The van der Waals surface area contributed by atoms with E-state index in [0.717, 1.165) is 38.3 Å². The van der Waals surface area contributed by atoms with Crippen molar-refractivity contribution in [2.45, 2.75) is 38.3 Å². The summed E-state index contributed by atoms with van der Waals surface area (Å²) in [5.74, 6) is 0.787. The molecule has 0 unspecified atom stereocenters. The van der Waals surface area contributed by atoms with Crippen LogP contribution in [0, 0.1) is 16.0 Å². The van der Waals surface area contributed by atoms with Gasteiger partial charge in [-0.25, -0.2) is 0 Å². The molecule has 1 N–H and O–H groups in total. The van der Waals surface area contributed by atoms with Gasteiger partial charge in [-0.2, -0.15) is 0 Å². The molecule has 2 aliphatic rings. The monoisotopic (exact) mass is 349 g/mol. The third kappa shape index (κ3) is 4.41. The average Bonchev–Trinajstić information content (AvgIpc) is 3.10. The van der Waals surface area contributed by atoms with Crippen LogP contribution in [0.4, 0.5) is 11.4 Å². The molecule has 2 fully saturated rings. The van der Waals surface area contributed by atoms with Gasteiger partial charge in [-0.1, -0.05) is 6.92 Å². The number of nitrogens with one attached hydrogen (secondary N) is 1. The van der Waals surface area contributed by atoms with E-state index in [-0.39, 0.29) is 5.69 Å². The van der Waals surface area contributed by atoms with Gasteiger partial charge in [-0.05, 0) is 31.2 Å². The zero-order chi connectivity index (χ0) is 17.8. The Hall–Kier alpha value is -1.86. The summed E-state index contributed by atoms with van der Waals surface area (Å²) in [6.07, 6.45) is 3.80. The van der Waals surface area contributed by atoms with E-state index in [2.05, 4.69) is 17.1 Å². The summed E-state index contributed by atoms with van der Waals surface area (Å²) < 4.78 is 10.9. The molecule has 1 aromatic carbocycles. The summed E-state index contributed by atoms with van der Waals surface area (Å²) in [7, 11) is 1.46. The topological polar surface area (TPSA) is 76.9 Å². The van der Waals surface area contributed by atoms with E-state index in [4.69, 9.17) is 9.47 Å². The third-order valence-electron chi connectivity index (χ3n) is 5.20. The lowest BCUT2D eigenvalue weighted by Gasteiger charge is -2.38. The quantitative estimate of drug-likeness (QED) is 0.628. The first-order chi connectivity index (χ1) is 12.1. The van der Waals surface area contributed by atoms with Gasteiger partial charge in [0.05, 0.1) is 18.1 Å². The van der Waals surface area contributed by atoms with Crippen LogP contribution in [0.15, 0.2) is 18.2 Å². The van der Waals surface area contributed by atoms with Crippen molar-refractivity contribution < 1.29 is 14.4 Å². The Morgan fingerprint density at radius 2 is 2.28 bits per heavy atom. The number of nitro groups is 1. The van der Waals surface area contributed by atoms with E-state index < -0.39 is 4.92 Å². The van der Waals surface area contributed by atoms with Crippen LogP contribution in [-0.2, 0) is 4.74 Å². The summed E-state index contributed by atoms with van der Waals surface area (Å²) >= 11 is 0. The number of ether oxygens (including phenoxy) is 2. The predicted molar refractivity (Wildman–Crippen MR) is 96.3 cm³/mol. The molecule has 2 heterocycles. The molecule has 2 saturated heterocycles. The van der Waals surface area contributed by atoms with Crippen molar-refractivity contribution in [3.63, 3.8) is 0 Å². The molecule has 7 nitrogen and oxygen atoms in total. The van der Waals surface area contributed by atoms with Crippen LogP contribution in [0.25, 0.3) is 0 Å². The van der Waals surface area contributed by atoms with E-state index >= 15 is 0 Å². The van der Waals surface area contributed by atoms with Gasteiger partial charge in [0.25, 0.3) is 0 Å². The SMILES string of the molecule is COc1cc(N[C@@H]2CCN(C[C@H]3CCCO3)C[C@@H]2C)ccc1[N+](=O)[O-]. The lowest BCUT2D eigenvalue weighted by molar-refractivity contribution is -0.385. The second-order valence-corrected chi connectivity index (χ2v) is 7.06. The Balaban J connectivity index is 1.57. The molecule has 7 heteroatoms. The summed E-state index contributed by atoms with van der Waals surface area (Å²) in [4.78, 5) is 13.1. The van der Waals surface area contributed by atoms with Crippen molar-refractivity contribution in [3.8, 4) is 5.75 Å². The highest BCUT2D eigenvalue weighted by Gasteiger charge is 2.28. The molecular formula is C18H27N3O4. The largest absolute Gasteiger partial charge is 0.490 e. The lowest BCUT2D eigenvalue weighted by Crippen LogP contribution is -2.47. The molecule has 0 saturated carbocycles. The summed E-state index contributed by atoms with van der Waals surface area (Å²) in [6.45, 7) is 6.28. The van der Waals surface area contributed by atoms with Crippen LogP contribution in [0.3, 0.4) is 0 Å². The number of methoxy groups -OCH3 is 1. The lowest BCUT2D eigenvalue weighted by atomic mass is 9.93. The molecule has 138 valence electrons. The number of nitro benzene ring substituents is 1. The maximum absolute atomic E-state index is 11.0. The van der Waals surface area contributed by atoms with Gasteiger partial charge in [0.2, 0.25) is 0 Å². The maximum atomic E-state index is 11.0. The van der Waals surface area contributed by atoms with E-state index in [9.17, 15) is 10.1 Å². The maximum Gasteiger partial charge on any atom is 0.311 e. The Bertz CT molecular complexity index is 604. The standard InChI is InChI=1S/C18H27N3O4/c1-13-11-20(12-15-4-3-9-25-15)8-7-16(13)19-14-5-6-17(21(22)23)18(10-14)24-2/h5-6,10,13,15-16,19H,3-4,7-9,11-12H2,1-2H3/t13-,15+,16+/m0/s1. The fourth-order valence-corrected chi connectivity index (χ4v) is 3.82. The molecule has 0 amide bonds. The highest BCUT2D eigenvalue weighted by molar-refractivity contribution is 5.58. The van der Waals surface area contributed by atoms with Gasteiger partial charge in [0.15, 0.2) is 5.75 Å². The van der Waals surface area contributed by atoms with Crippen molar-refractivity contribution in [2.24, 2.45) is 5.92 Å². The minimum Gasteiger partial charge on any atom is -0.490 e. The molecule has 25 heavy (non-hydrogen) atoms. The molecule has 3 rings (SSSR count). The summed E-state index contributed by atoms with van der Waals surface area (Å²) in [5, 5.41) is 14.5. The van der Waals surface area contributed by atoms with Crippen LogP contribution in [0.1, 0.15) is 26.2 Å². The number of hydrogen-bond acceptors (Lipinski definition) is 6. The minimum atomic E-state index is -0.422. The number of anilines is 1. The molecule has 1 aromatic rings. The molecule has 0 bridgehead atoms. The number of piperidine rings is 1. The van der Waals surface area contributed by atoms with Crippen LogP contribution in [0.2, 0.25) is 0 Å². The van der Waals surface area contributed by atoms with Crippen LogP contribution < -0.4 is 10.1 Å². The number of rotatable bonds is 6. The van der Waals surface area contributed by atoms with Crippen molar-refractivity contribution >= 4 is 11.4 Å². The highest BCUT2D eigenvalue weighted by atomic mass is 16.6. The van der Waals surface area contributed by atoms with Crippen LogP contribution >= 0.6 is 0 Å². The normalized spacial score (nSPS) is 27.2. The first-order valence-corrected chi connectivity index (χ1v) is 8.99. The van der Waals surface area contributed by atoms with Crippen molar-refractivity contribution in [1.29, 1.82) is 0 Å². The van der Waals surface area contributed by atoms with Crippen molar-refractivity contribution in [3.05, 3.63) is 28.3 Å². The molecular weight excluding hydrogens is 322 g/mol. The zero-order valence-corrected chi connectivity index (χ0v) is 14.9. The fraction of sp³-hybridized carbons (Fsp3) is 0.667. The Morgan fingerprint density at radius 1 is 1.44 bits per heavy atom. The number of likely N-dealkylation sites (tertiary alicyclic amines) is 1. The second-order valence-electron chi connectivity index (χ2n) is 7.06. The van der Waals surface area contributed by atoms with E-state index in [0.29, 0.717) is 23.8 Å². The first kappa shape index (κ1) is 17.9. The number of nitrogens with zero attached hydrogens (tertiary/aromatic N) is 2. The van der Waals surface area contributed by atoms with Gasteiger partial charge in [-0.3, -0.25) is 10.1 Å². The molecule has 0 aliphatic carbocycles. The smallest absolute Gasteiger partial charge is 0.311 e. The Kier molecular flexibility index (Phi) is 5.75. The Morgan fingerprint density at radius 3 is 2.92 bits per heavy atom. The van der Waals surface area contributed by atoms with Crippen LogP contribution in [-0.4, -0.2) is 55.3 Å². The van der Waals surface area contributed by atoms with E-state index in [1.54, 1.807) is 12.1 Å². The van der Waals surface area contributed by atoms with Crippen molar-refractivity contribution in [2.75, 3.05) is 38.7 Å². The summed E-state index contributed by atoms with van der Waals surface area (Å²) in [6, 6.07) is 5.32. The molecule has 3 atom stereocenters. The average molecular weight is 349 g/mol. The highest BCUT2D eigenvalue weighted by Crippen LogP contribution is 2.31. The number of hydrogen-bond donors (Lipinski definition) is 1. The van der Waals surface area contributed by atoms with Gasteiger partial charge in [-0.15, -0.1) is 0 Å². The molecule has 2 aliphatic heterocycles. The molecule has 0 radical (unpaired) electrons. The minimum absolute atomic E-state index is 0.00696. The molecule has 0 spiro atoms. The van der Waals surface area contributed by atoms with Gasteiger partial charge >= 0.3 is 5.69 Å². The molecule has 0 aromatic heterocycles. The summed E-state index contributed by atoms with van der Waals surface area (Å²) in [5.41, 5.74) is 0.861. The van der Waals surface area contributed by atoms with Gasteiger partial charge in [0, 0.05) is 50.1 Å². The second kappa shape index (κ2) is 8.01. The van der Waals surface area contributed by atoms with Crippen molar-refractivity contribution in [1.82, 2.24) is 4.90 Å². The first-order valence-electron chi connectivity index (χ1n) is 8.99. The fourth-order valence-electron chi connectivity index (χ4n) is 3.82. The van der Waals surface area contributed by atoms with E-state index in [1.165, 1.54) is 26.0 Å². The Labute approximate surface area is 148 Å². The van der Waals surface area contributed by atoms with Gasteiger partial charge in [0.1, 0.15) is 0 Å². The number of benzene rings is 1. The van der Waals surface area contributed by atoms with E-state index in [1.807, 2.05) is 0 Å². The predicted octanol–water partition coefficient (Wildman–Crippen LogP) is 2.90. The van der Waals surface area contributed by atoms with Crippen LogP contribution in [0.5, 0.6) is 5.75 Å². The zero-order valence-electron chi connectivity index (χ0n) is 14.9.